The van der Waals surface area contributed by atoms with Gasteiger partial charge in [0.2, 0.25) is 0 Å². The summed E-state index contributed by atoms with van der Waals surface area (Å²) in [6, 6.07) is 8.10. The molecule has 0 spiro atoms. The molecule has 0 heterocycles. The van der Waals surface area contributed by atoms with Crippen molar-refractivity contribution >= 4 is 11.5 Å². The van der Waals surface area contributed by atoms with Gasteiger partial charge in [-0.3, -0.25) is 0 Å². The Morgan fingerprint density at radius 1 is 1.38 bits per heavy atom. The van der Waals surface area contributed by atoms with Crippen molar-refractivity contribution in [2.75, 3.05) is 7.11 Å². The van der Waals surface area contributed by atoms with Gasteiger partial charge in [0, 0.05) is 6.08 Å². The number of methoxy groups -OCH3 is 1. The fourth-order valence-corrected chi connectivity index (χ4v) is 1.97. The monoisotopic (exact) mass is 214 g/mol. The van der Waals surface area contributed by atoms with E-state index in [-0.39, 0.29) is 5.97 Å². The summed E-state index contributed by atoms with van der Waals surface area (Å²) in [4.78, 5) is 11.3. The smallest absolute Gasteiger partial charge is 0.331 e. The van der Waals surface area contributed by atoms with E-state index < -0.39 is 0 Å². The van der Waals surface area contributed by atoms with Gasteiger partial charge in [0.05, 0.1) is 7.11 Å². The Labute approximate surface area is 95.2 Å². The summed E-state index contributed by atoms with van der Waals surface area (Å²) in [7, 11) is 1.39. The van der Waals surface area contributed by atoms with E-state index in [0.29, 0.717) is 0 Å². The quantitative estimate of drug-likeness (QED) is 0.530. The van der Waals surface area contributed by atoms with Crippen LogP contribution in [0.4, 0.5) is 0 Å². The van der Waals surface area contributed by atoms with Gasteiger partial charge in [-0.1, -0.05) is 30.8 Å². The number of fused-ring (bicyclic) bond motifs is 1. The van der Waals surface area contributed by atoms with Crippen molar-refractivity contribution in [3.63, 3.8) is 0 Å². The largest absolute Gasteiger partial charge is 0.466 e. The van der Waals surface area contributed by atoms with E-state index >= 15 is 0 Å². The number of carbonyl (C=O) groups excluding carboxylic acids is 1. The van der Waals surface area contributed by atoms with Crippen LogP contribution in [0.25, 0.3) is 5.57 Å². The molecule has 0 atom stereocenters. The van der Waals surface area contributed by atoms with E-state index in [2.05, 4.69) is 17.4 Å². The minimum atomic E-state index is -0.326. The summed E-state index contributed by atoms with van der Waals surface area (Å²) < 4.78 is 4.66. The molecule has 0 fully saturated rings. The van der Waals surface area contributed by atoms with Gasteiger partial charge >= 0.3 is 5.97 Å². The Kier molecular flexibility index (Phi) is 2.91. The number of hydrogen-bond acceptors (Lipinski definition) is 2. The van der Waals surface area contributed by atoms with Crippen molar-refractivity contribution < 1.29 is 9.53 Å². The van der Waals surface area contributed by atoms with Crippen molar-refractivity contribution in [2.24, 2.45) is 0 Å². The first-order valence-corrected chi connectivity index (χ1v) is 5.28. The van der Waals surface area contributed by atoms with Crippen molar-refractivity contribution in [1.82, 2.24) is 0 Å². The summed E-state index contributed by atoms with van der Waals surface area (Å²) in [6.07, 6.45) is 3.42. The predicted octanol–water partition coefficient (Wildman–Crippen LogP) is 2.75. The van der Waals surface area contributed by atoms with Crippen molar-refractivity contribution in [2.45, 2.75) is 12.8 Å². The average molecular weight is 214 g/mol. The molecule has 1 aliphatic carbocycles. The third-order valence-corrected chi connectivity index (χ3v) is 2.85. The number of aryl methyl sites for hydroxylation is 1. The molecule has 1 aliphatic rings. The summed E-state index contributed by atoms with van der Waals surface area (Å²) in [5, 5.41) is 0. The maximum Gasteiger partial charge on any atom is 0.331 e. The van der Waals surface area contributed by atoms with Crippen LogP contribution in [0.3, 0.4) is 0 Å². The van der Waals surface area contributed by atoms with E-state index in [0.717, 1.165) is 29.6 Å². The van der Waals surface area contributed by atoms with E-state index in [4.69, 9.17) is 0 Å². The number of esters is 1. The second kappa shape index (κ2) is 4.35. The van der Waals surface area contributed by atoms with Gasteiger partial charge in [0.15, 0.2) is 0 Å². The zero-order valence-corrected chi connectivity index (χ0v) is 9.32. The van der Waals surface area contributed by atoms with Crippen LogP contribution < -0.4 is 0 Å². The number of hydrogen-bond donors (Lipinski definition) is 0. The van der Waals surface area contributed by atoms with E-state index in [1.165, 1.54) is 18.7 Å². The Balaban J connectivity index is 2.49. The first-order chi connectivity index (χ1) is 7.72. The van der Waals surface area contributed by atoms with Crippen LogP contribution in [0.1, 0.15) is 17.5 Å². The maximum atomic E-state index is 11.3. The Bertz CT molecular complexity index is 469. The van der Waals surface area contributed by atoms with Gasteiger partial charge in [-0.15, -0.1) is 0 Å². The molecule has 0 aliphatic heterocycles. The van der Waals surface area contributed by atoms with Crippen LogP contribution >= 0.6 is 0 Å². The first kappa shape index (κ1) is 10.7. The minimum Gasteiger partial charge on any atom is -0.466 e. The number of carbonyl (C=O) groups is 1. The molecule has 1 aromatic carbocycles. The summed E-state index contributed by atoms with van der Waals surface area (Å²) in [6.45, 7) is 4.01. The molecule has 82 valence electrons. The Morgan fingerprint density at radius 3 is 2.88 bits per heavy atom. The average Bonchev–Trinajstić information content (AvgIpc) is 2.32. The predicted molar refractivity (Wildman–Crippen MR) is 63.9 cm³/mol. The van der Waals surface area contributed by atoms with Gasteiger partial charge in [-0.05, 0) is 35.1 Å². The molecule has 2 rings (SSSR count). The molecule has 0 saturated carbocycles. The highest BCUT2D eigenvalue weighted by atomic mass is 16.5. The van der Waals surface area contributed by atoms with Crippen LogP contribution in [0, 0.1) is 0 Å². The molecule has 0 unspecified atom stereocenters. The number of allylic oxidation sites excluding steroid dienone is 2. The van der Waals surface area contributed by atoms with Crippen LogP contribution in [-0.2, 0) is 16.0 Å². The van der Waals surface area contributed by atoms with Crippen LogP contribution in [0.15, 0.2) is 42.5 Å². The number of benzene rings is 1. The molecule has 0 amide bonds. The van der Waals surface area contributed by atoms with Crippen LogP contribution in [-0.4, -0.2) is 13.1 Å². The summed E-state index contributed by atoms with van der Waals surface area (Å²) >= 11 is 0. The minimum absolute atomic E-state index is 0.326. The zero-order valence-electron chi connectivity index (χ0n) is 9.32. The lowest BCUT2D eigenvalue weighted by molar-refractivity contribution is -0.134. The lowest BCUT2D eigenvalue weighted by Gasteiger charge is -2.20. The molecular formula is C14H14O2. The summed E-state index contributed by atoms with van der Waals surface area (Å²) in [5.74, 6) is -0.326. The van der Waals surface area contributed by atoms with Crippen LogP contribution in [0.2, 0.25) is 0 Å². The number of ether oxygens (including phenoxy) is 1. The second-order valence-corrected chi connectivity index (χ2v) is 3.84. The molecule has 0 aromatic heterocycles. The van der Waals surface area contributed by atoms with Crippen molar-refractivity contribution in [3.8, 4) is 0 Å². The third-order valence-electron chi connectivity index (χ3n) is 2.85. The highest BCUT2D eigenvalue weighted by molar-refractivity contribution is 5.96. The van der Waals surface area contributed by atoms with Crippen molar-refractivity contribution in [3.05, 3.63) is 53.6 Å². The van der Waals surface area contributed by atoms with E-state index in [1.807, 2.05) is 18.2 Å². The van der Waals surface area contributed by atoms with Gasteiger partial charge < -0.3 is 4.74 Å². The Morgan fingerprint density at radius 2 is 2.12 bits per heavy atom. The van der Waals surface area contributed by atoms with Crippen LogP contribution in [0.5, 0.6) is 0 Å². The molecule has 16 heavy (non-hydrogen) atoms. The molecule has 2 nitrogen and oxygen atoms in total. The second-order valence-electron chi connectivity index (χ2n) is 3.84. The lowest BCUT2D eigenvalue weighted by Crippen LogP contribution is -2.06. The first-order valence-electron chi connectivity index (χ1n) is 5.28. The molecule has 0 radical (unpaired) electrons. The Hall–Kier alpha value is -1.83. The van der Waals surface area contributed by atoms with E-state index in [1.54, 1.807) is 0 Å². The third kappa shape index (κ3) is 1.91. The van der Waals surface area contributed by atoms with Gasteiger partial charge in [-0.2, -0.15) is 0 Å². The lowest BCUT2D eigenvalue weighted by atomic mass is 9.84. The highest BCUT2D eigenvalue weighted by Gasteiger charge is 2.17. The number of rotatable bonds is 1. The fourth-order valence-electron chi connectivity index (χ4n) is 1.97. The molecule has 0 bridgehead atoms. The maximum absolute atomic E-state index is 11.3. The van der Waals surface area contributed by atoms with Gasteiger partial charge in [0.25, 0.3) is 0 Å². The topological polar surface area (TPSA) is 26.3 Å². The fraction of sp³-hybridized carbons (Fsp3) is 0.214. The van der Waals surface area contributed by atoms with Gasteiger partial charge in [0.1, 0.15) is 0 Å². The normalized spacial score (nSPS) is 17.1. The van der Waals surface area contributed by atoms with Crippen molar-refractivity contribution in [1.29, 1.82) is 0 Å². The van der Waals surface area contributed by atoms with Gasteiger partial charge in [-0.25, -0.2) is 4.79 Å². The summed E-state index contributed by atoms with van der Waals surface area (Å²) in [5.41, 5.74) is 4.28. The molecule has 2 heteroatoms. The molecule has 0 N–H and O–H groups in total. The van der Waals surface area contributed by atoms with E-state index in [9.17, 15) is 4.79 Å². The standard InChI is InChI=1S/C14H14O2/c1-10-7-8-11-5-3-4-6-12(11)13(10)9-14(15)16-2/h3-6,9H,1,7-8H2,2H3/b13-9-. The molecular weight excluding hydrogens is 200 g/mol. The highest BCUT2D eigenvalue weighted by Crippen LogP contribution is 2.33. The zero-order chi connectivity index (χ0) is 11.5. The SMILES string of the molecule is C=C1CCc2ccccc2/C1=C\C(=O)OC. The molecule has 1 aromatic rings. The molecule has 0 saturated heterocycles.